The Labute approximate surface area is 130 Å². The predicted molar refractivity (Wildman–Crippen MR) is 83.0 cm³/mol. The molecule has 0 spiro atoms. The molecule has 1 aromatic rings. The molecule has 0 unspecified atom stereocenters. The van der Waals surface area contributed by atoms with Crippen LogP contribution in [0.2, 0.25) is 5.02 Å². The summed E-state index contributed by atoms with van der Waals surface area (Å²) in [7, 11) is 0. The van der Waals surface area contributed by atoms with Crippen molar-refractivity contribution < 1.29 is 0 Å². The first-order valence-electron chi connectivity index (χ1n) is 7.66. The zero-order valence-electron chi connectivity index (χ0n) is 12.1. The van der Waals surface area contributed by atoms with Gasteiger partial charge in [0.05, 0.1) is 22.2 Å². The minimum Gasteiger partial charge on any atom is -0.326 e. The van der Waals surface area contributed by atoms with E-state index in [0.717, 1.165) is 50.9 Å². The van der Waals surface area contributed by atoms with Crippen molar-refractivity contribution in [2.24, 2.45) is 5.73 Å². The third-order valence-corrected chi connectivity index (χ3v) is 5.24. The first kappa shape index (κ1) is 14.8. The van der Waals surface area contributed by atoms with Gasteiger partial charge < -0.3 is 5.73 Å². The lowest BCUT2D eigenvalue weighted by atomic mass is 9.71. The smallest absolute Gasteiger partial charge is 0.0994 e. The van der Waals surface area contributed by atoms with Gasteiger partial charge in [0.25, 0.3) is 0 Å². The fraction of sp³-hybridized carbons (Fsp3) is 0.625. The fourth-order valence-corrected chi connectivity index (χ4v) is 3.80. The molecule has 2 N–H and O–H groups in total. The first-order chi connectivity index (χ1) is 10.1. The number of hydrogen-bond acceptors (Lipinski definition) is 4. The average molecular weight is 305 g/mol. The number of aromatic nitrogens is 1. The van der Waals surface area contributed by atoms with Gasteiger partial charge >= 0.3 is 0 Å². The summed E-state index contributed by atoms with van der Waals surface area (Å²) in [5, 5.41) is 10.3. The number of likely N-dealkylation sites (tertiary alicyclic amines) is 1. The lowest BCUT2D eigenvalue weighted by Crippen LogP contribution is -2.42. The van der Waals surface area contributed by atoms with Crippen LogP contribution in [0.25, 0.3) is 0 Å². The SMILES string of the molecule is N#CC1(c2ccc(Cl)cn2)CCC(N2CC[C@H](N)C2)CC1. The Kier molecular flexibility index (Phi) is 4.17. The Morgan fingerprint density at radius 2 is 2.10 bits per heavy atom. The van der Waals surface area contributed by atoms with Crippen LogP contribution in [0.5, 0.6) is 0 Å². The van der Waals surface area contributed by atoms with Crippen LogP contribution in [0, 0.1) is 11.3 Å². The zero-order valence-corrected chi connectivity index (χ0v) is 12.9. The molecule has 1 saturated heterocycles. The fourth-order valence-electron chi connectivity index (χ4n) is 3.69. The molecule has 112 valence electrons. The molecule has 5 heteroatoms. The molecule has 2 fully saturated rings. The highest BCUT2D eigenvalue weighted by Gasteiger charge is 2.40. The van der Waals surface area contributed by atoms with Gasteiger partial charge in [0.1, 0.15) is 0 Å². The second-order valence-corrected chi connectivity index (χ2v) is 6.77. The molecule has 1 aliphatic carbocycles. The summed E-state index contributed by atoms with van der Waals surface area (Å²) in [4.78, 5) is 6.89. The Hall–Kier alpha value is -1.15. The van der Waals surface area contributed by atoms with E-state index in [1.165, 1.54) is 0 Å². The summed E-state index contributed by atoms with van der Waals surface area (Å²) >= 11 is 5.90. The summed E-state index contributed by atoms with van der Waals surface area (Å²) in [6, 6.07) is 7.15. The number of rotatable bonds is 2. The van der Waals surface area contributed by atoms with E-state index in [1.807, 2.05) is 12.1 Å². The van der Waals surface area contributed by atoms with Crippen LogP contribution in [0.4, 0.5) is 0 Å². The van der Waals surface area contributed by atoms with Crippen molar-refractivity contribution in [2.45, 2.75) is 49.6 Å². The first-order valence-corrected chi connectivity index (χ1v) is 8.04. The molecule has 2 aliphatic rings. The van der Waals surface area contributed by atoms with E-state index in [2.05, 4.69) is 16.0 Å². The highest BCUT2D eigenvalue weighted by Crippen LogP contribution is 2.40. The number of halogens is 1. The van der Waals surface area contributed by atoms with E-state index in [1.54, 1.807) is 6.20 Å². The van der Waals surface area contributed by atoms with Crippen molar-refractivity contribution >= 4 is 11.6 Å². The molecule has 0 amide bonds. The van der Waals surface area contributed by atoms with E-state index in [0.29, 0.717) is 17.1 Å². The lowest BCUT2D eigenvalue weighted by molar-refractivity contribution is 0.163. The van der Waals surface area contributed by atoms with Gasteiger partial charge in [-0.1, -0.05) is 11.6 Å². The van der Waals surface area contributed by atoms with E-state index >= 15 is 0 Å². The van der Waals surface area contributed by atoms with Crippen LogP contribution in [-0.4, -0.2) is 35.1 Å². The van der Waals surface area contributed by atoms with Crippen molar-refractivity contribution in [1.29, 1.82) is 5.26 Å². The standard InChI is InChI=1S/C16H21ClN4/c17-12-1-2-15(20-9-12)16(11-18)6-3-14(4-7-16)21-8-5-13(19)10-21/h1-2,9,13-14H,3-8,10,19H2/t13-,14?,16?/m0/s1. The Morgan fingerprint density at radius 1 is 1.33 bits per heavy atom. The molecule has 1 atom stereocenters. The number of pyridine rings is 1. The maximum Gasteiger partial charge on any atom is 0.0994 e. The molecule has 0 radical (unpaired) electrons. The van der Waals surface area contributed by atoms with Crippen LogP contribution >= 0.6 is 11.6 Å². The van der Waals surface area contributed by atoms with Crippen LogP contribution in [0.1, 0.15) is 37.8 Å². The topological polar surface area (TPSA) is 65.9 Å². The van der Waals surface area contributed by atoms with Gasteiger partial charge in [0.15, 0.2) is 0 Å². The third-order valence-electron chi connectivity index (χ3n) is 5.01. The van der Waals surface area contributed by atoms with Crippen molar-refractivity contribution in [3.05, 3.63) is 29.0 Å². The highest BCUT2D eigenvalue weighted by atomic mass is 35.5. The summed E-state index contributed by atoms with van der Waals surface area (Å²) in [6.07, 6.45) is 6.57. The van der Waals surface area contributed by atoms with E-state index < -0.39 is 5.41 Å². The Balaban J connectivity index is 1.70. The van der Waals surface area contributed by atoms with E-state index in [4.69, 9.17) is 17.3 Å². The number of nitrogens with zero attached hydrogens (tertiary/aromatic N) is 3. The van der Waals surface area contributed by atoms with Crippen LogP contribution in [0.15, 0.2) is 18.3 Å². The number of nitriles is 1. The molecular formula is C16H21ClN4. The van der Waals surface area contributed by atoms with Crippen molar-refractivity contribution in [3.63, 3.8) is 0 Å². The number of hydrogen-bond donors (Lipinski definition) is 1. The van der Waals surface area contributed by atoms with Gasteiger partial charge in [-0.25, -0.2) is 0 Å². The summed E-state index contributed by atoms with van der Waals surface area (Å²) in [5.41, 5.74) is 6.43. The Bertz CT molecular complexity index is 528. The summed E-state index contributed by atoms with van der Waals surface area (Å²) in [5.74, 6) is 0. The maximum atomic E-state index is 9.70. The predicted octanol–water partition coefficient (Wildman–Crippen LogP) is 2.47. The molecule has 4 nitrogen and oxygen atoms in total. The minimum atomic E-state index is -0.442. The molecule has 1 saturated carbocycles. The minimum absolute atomic E-state index is 0.325. The molecule has 1 aromatic heterocycles. The molecular weight excluding hydrogens is 284 g/mol. The van der Waals surface area contributed by atoms with Crippen molar-refractivity contribution in [2.75, 3.05) is 13.1 Å². The Morgan fingerprint density at radius 3 is 2.62 bits per heavy atom. The maximum absolute atomic E-state index is 9.70. The number of nitrogens with two attached hydrogens (primary N) is 1. The lowest BCUT2D eigenvalue weighted by Gasteiger charge is -2.38. The third kappa shape index (κ3) is 2.91. The second kappa shape index (κ2) is 5.92. The zero-order chi connectivity index (χ0) is 14.9. The van der Waals surface area contributed by atoms with Crippen LogP contribution in [0.3, 0.4) is 0 Å². The average Bonchev–Trinajstić information content (AvgIpc) is 2.95. The van der Waals surface area contributed by atoms with Crippen molar-refractivity contribution in [1.82, 2.24) is 9.88 Å². The van der Waals surface area contributed by atoms with Gasteiger partial charge in [-0.15, -0.1) is 0 Å². The quantitative estimate of drug-likeness (QED) is 0.911. The van der Waals surface area contributed by atoms with Gasteiger partial charge in [-0.2, -0.15) is 5.26 Å². The molecule has 1 aliphatic heterocycles. The van der Waals surface area contributed by atoms with Gasteiger partial charge in [0, 0.05) is 31.4 Å². The van der Waals surface area contributed by atoms with Crippen LogP contribution in [-0.2, 0) is 5.41 Å². The van der Waals surface area contributed by atoms with Gasteiger partial charge in [0.2, 0.25) is 0 Å². The highest BCUT2D eigenvalue weighted by molar-refractivity contribution is 6.30. The monoisotopic (exact) mass is 304 g/mol. The summed E-state index contributed by atoms with van der Waals surface area (Å²) in [6.45, 7) is 2.11. The van der Waals surface area contributed by atoms with E-state index in [9.17, 15) is 5.26 Å². The molecule has 21 heavy (non-hydrogen) atoms. The van der Waals surface area contributed by atoms with E-state index in [-0.39, 0.29) is 0 Å². The van der Waals surface area contributed by atoms with Crippen LogP contribution < -0.4 is 5.73 Å². The van der Waals surface area contributed by atoms with Gasteiger partial charge in [-0.3, -0.25) is 9.88 Å². The summed E-state index contributed by atoms with van der Waals surface area (Å²) < 4.78 is 0. The molecule has 0 bridgehead atoms. The molecule has 3 rings (SSSR count). The molecule has 0 aromatic carbocycles. The normalized spacial score (nSPS) is 33.8. The van der Waals surface area contributed by atoms with Gasteiger partial charge in [-0.05, 0) is 44.2 Å². The largest absolute Gasteiger partial charge is 0.326 e. The van der Waals surface area contributed by atoms with Crippen molar-refractivity contribution in [3.8, 4) is 6.07 Å². The second-order valence-electron chi connectivity index (χ2n) is 6.33. The molecule has 2 heterocycles.